The van der Waals surface area contributed by atoms with Gasteiger partial charge < -0.3 is 9.32 Å². The fraction of sp³-hybridized carbons (Fsp3) is 0.296. The van der Waals surface area contributed by atoms with E-state index in [-0.39, 0.29) is 23.8 Å². The van der Waals surface area contributed by atoms with E-state index in [1.165, 1.54) is 10.4 Å². The van der Waals surface area contributed by atoms with Gasteiger partial charge in [-0.2, -0.15) is 10.2 Å². The minimum atomic E-state index is -0.102. The Balaban J connectivity index is 1.33. The Hall–Kier alpha value is -4.25. The Bertz CT molecular complexity index is 1550. The highest BCUT2D eigenvalue weighted by atomic mass is 32.1. The predicted molar refractivity (Wildman–Crippen MR) is 141 cm³/mol. The minimum Gasteiger partial charge on any atom is -0.419 e. The summed E-state index contributed by atoms with van der Waals surface area (Å²) in [7, 11) is 0. The van der Waals surface area contributed by atoms with Gasteiger partial charge in [-0.1, -0.05) is 37.3 Å². The number of carbonyl (C=O) groups is 1. The first kappa shape index (κ1) is 24.1. The fourth-order valence-corrected chi connectivity index (χ4v) is 5.68. The zero-order valence-electron chi connectivity index (χ0n) is 21.1. The third kappa shape index (κ3) is 4.84. The zero-order chi connectivity index (χ0) is 26.1. The van der Waals surface area contributed by atoms with Crippen molar-refractivity contribution >= 4 is 17.2 Å². The second kappa shape index (κ2) is 10.3. The summed E-state index contributed by atoms with van der Waals surface area (Å²) < 4.78 is 6.06. The summed E-state index contributed by atoms with van der Waals surface area (Å²) in [4.78, 5) is 26.4. The summed E-state index contributed by atoms with van der Waals surface area (Å²) in [6.07, 6.45) is 5.70. The number of hydrogen-bond acceptors (Lipinski definition) is 9. The number of aromatic nitrogens is 7. The van der Waals surface area contributed by atoms with Crippen molar-refractivity contribution < 1.29 is 9.21 Å². The molecule has 0 aliphatic carbocycles. The molecule has 1 amide bonds. The molecule has 11 heteroatoms. The summed E-state index contributed by atoms with van der Waals surface area (Å²) in [5.41, 5.74) is 3.01. The van der Waals surface area contributed by atoms with E-state index in [0.717, 1.165) is 30.0 Å². The number of pyridine rings is 1. The third-order valence-electron chi connectivity index (χ3n) is 6.58. The second-order valence-electron chi connectivity index (χ2n) is 9.44. The Morgan fingerprint density at radius 2 is 1.95 bits per heavy atom. The highest BCUT2D eigenvalue weighted by molar-refractivity contribution is 7.09. The molecule has 0 saturated carbocycles. The molecule has 5 heterocycles. The standard InChI is InChI=1S/C27H26N8O2S/c1-17(13-19-7-4-3-5-8-19)24-32-33-25(37-24)21-14-20(15-23(31-21)35-28-10-11-29-35)27(36)34-12-6-9-22(34)26-30-18(2)16-38-26/h3-5,7-8,10-11,14-17,22H,6,9,12-13H2,1-2H3/t17-,22+/m0/s1. The fourth-order valence-electron chi connectivity index (χ4n) is 4.74. The first-order valence-corrected chi connectivity index (χ1v) is 13.4. The van der Waals surface area contributed by atoms with Gasteiger partial charge in [0, 0.05) is 29.1 Å². The molecule has 2 atom stereocenters. The number of aryl methyl sites for hydroxylation is 1. The first-order chi connectivity index (χ1) is 18.5. The molecule has 1 aromatic carbocycles. The van der Waals surface area contributed by atoms with Crippen LogP contribution >= 0.6 is 11.3 Å². The van der Waals surface area contributed by atoms with Crippen LogP contribution in [0.5, 0.6) is 0 Å². The van der Waals surface area contributed by atoms with Crippen LogP contribution in [0.15, 0.2) is 64.7 Å². The summed E-state index contributed by atoms with van der Waals surface area (Å²) in [5, 5.41) is 20.0. The molecule has 1 saturated heterocycles. The number of benzene rings is 1. The molecular formula is C27H26N8O2S. The van der Waals surface area contributed by atoms with E-state index < -0.39 is 0 Å². The third-order valence-corrected chi connectivity index (χ3v) is 7.65. The van der Waals surface area contributed by atoms with Crippen LogP contribution in [0.2, 0.25) is 0 Å². The van der Waals surface area contributed by atoms with E-state index >= 15 is 0 Å². The van der Waals surface area contributed by atoms with E-state index in [2.05, 4.69) is 42.5 Å². The average Bonchev–Trinajstić information content (AvgIpc) is 3.75. The van der Waals surface area contributed by atoms with Gasteiger partial charge in [-0.15, -0.1) is 26.3 Å². The van der Waals surface area contributed by atoms with Gasteiger partial charge in [0.05, 0.1) is 18.4 Å². The molecule has 10 nitrogen and oxygen atoms in total. The molecule has 0 spiro atoms. The highest BCUT2D eigenvalue weighted by Crippen LogP contribution is 2.35. The van der Waals surface area contributed by atoms with Gasteiger partial charge >= 0.3 is 0 Å². The van der Waals surface area contributed by atoms with Crippen LogP contribution < -0.4 is 0 Å². The number of nitrogens with zero attached hydrogens (tertiary/aromatic N) is 8. The van der Waals surface area contributed by atoms with E-state index in [1.54, 1.807) is 35.9 Å². The lowest BCUT2D eigenvalue weighted by Crippen LogP contribution is -2.30. The Morgan fingerprint density at radius 3 is 2.71 bits per heavy atom. The summed E-state index contributed by atoms with van der Waals surface area (Å²) >= 11 is 1.60. The Morgan fingerprint density at radius 1 is 1.13 bits per heavy atom. The molecule has 1 aliphatic heterocycles. The van der Waals surface area contributed by atoms with Crippen molar-refractivity contribution in [2.45, 2.75) is 45.1 Å². The van der Waals surface area contributed by atoms with Crippen molar-refractivity contribution in [1.29, 1.82) is 0 Å². The van der Waals surface area contributed by atoms with Crippen LogP contribution in [0, 0.1) is 6.92 Å². The van der Waals surface area contributed by atoms with E-state index in [1.807, 2.05) is 42.3 Å². The number of carbonyl (C=O) groups excluding carboxylic acids is 1. The van der Waals surface area contributed by atoms with Crippen LogP contribution in [0.3, 0.4) is 0 Å². The maximum absolute atomic E-state index is 13.8. The van der Waals surface area contributed by atoms with Gasteiger partial charge in [-0.25, -0.2) is 9.97 Å². The molecule has 6 rings (SSSR count). The topological polar surface area (TPSA) is 116 Å². The molecule has 0 radical (unpaired) electrons. The number of likely N-dealkylation sites (tertiary alicyclic amines) is 1. The van der Waals surface area contributed by atoms with Crippen molar-refractivity contribution in [3.05, 3.63) is 88.0 Å². The van der Waals surface area contributed by atoms with Crippen LogP contribution in [0.1, 0.15) is 64.2 Å². The highest BCUT2D eigenvalue weighted by Gasteiger charge is 2.33. The first-order valence-electron chi connectivity index (χ1n) is 12.5. The Labute approximate surface area is 223 Å². The lowest BCUT2D eigenvalue weighted by Gasteiger charge is -2.23. The molecule has 5 aromatic rings. The molecule has 0 unspecified atom stereocenters. The normalized spacial score (nSPS) is 16.2. The van der Waals surface area contributed by atoms with Gasteiger partial charge in [-0.3, -0.25) is 4.79 Å². The minimum absolute atomic E-state index is 0.0165. The van der Waals surface area contributed by atoms with Gasteiger partial charge in [-0.05, 0) is 43.9 Å². The van der Waals surface area contributed by atoms with Crippen LogP contribution in [-0.4, -0.2) is 52.5 Å². The SMILES string of the molecule is Cc1csc([C@H]2CCCN2C(=O)c2cc(-c3nnc([C@@H](C)Cc4ccccc4)o3)nc(-n3nccn3)c2)n1. The van der Waals surface area contributed by atoms with E-state index in [4.69, 9.17) is 4.42 Å². The molecular weight excluding hydrogens is 500 g/mol. The smallest absolute Gasteiger partial charge is 0.266 e. The Kier molecular flexibility index (Phi) is 6.50. The number of thiazole rings is 1. The largest absolute Gasteiger partial charge is 0.419 e. The molecule has 0 bridgehead atoms. The van der Waals surface area contributed by atoms with Gasteiger partial charge in [0.25, 0.3) is 11.8 Å². The molecule has 0 N–H and O–H groups in total. The summed E-state index contributed by atoms with van der Waals surface area (Å²) in [5.74, 6) is 1.07. The van der Waals surface area contributed by atoms with Gasteiger partial charge in [0.15, 0.2) is 5.82 Å². The van der Waals surface area contributed by atoms with Crippen molar-refractivity contribution in [1.82, 2.24) is 40.1 Å². The van der Waals surface area contributed by atoms with Crippen molar-refractivity contribution in [3.63, 3.8) is 0 Å². The molecule has 1 aliphatic rings. The maximum Gasteiger partial charge on any atom is 0.266 e. The van der Waals surface area contributed by atoms with Gasteiger partial charge in [0.1, 0.15) is 10.7 Å². The second-order valence-corrected chi connectivity index (χ2v) is 10.3. The molecule has 38 heavy (non-hydrogen) atoms. The van der Waals surface area contributed by atoms with E-state index in [9.17, 15) is 4.79 Å². The van der Waals surface area contributed by atoms with Crippen molar-refractivity contribution in [3.8, 4) is 17.4 Å². The maximum atomic E-state index is 13.8. The summed E-state index contributed by atoms with van der Waals surface area (Å²) in [6, 6.07) is 13.5. The lowest BCUT2D eigenvalue weighted by molar-refractivity contribution is 0.0735. The quantitative estimate of drug-likeness (QED) is 0.297. The number of rotatable bonds is 7. The zero-order valence-corrected chi connectivity index (χ0v) is 21.9. The van der Waals surface area contributed by atoms with Gasteiger partial charge in [0.2, 0.25) is 5.89 Å². The van der Waals surface area contributed by atoms with Crippen molar-refractivity contribution in [2.24, 2.45) is 0 Å². The number of hydrogen-bond donors (Lipinski definition) is 0. The molecule has 192 valence electrons. The van der Waals surface area contributed by atoms with Crippen LogP contribution in [-0.2, 0) is 6.42 Å². The molecule has 4 aromatic heterocycles. The monoisotopic (exact) mass is 526 g/mol. The lowest BCUT2D eigenvalue weighted by atomic mass is 10.0. The average molecular weight is 527 g/mol. The number of amides is 1. The summed E-state index contributed by atoms with van der Waals surface area (Å²) in [6.45, 7) is 4.68. The van der Waals surface area contributed by atoms with E-state index in [0.29, 0.717) is 29.5 Å². The van der Waals surface area contributed by atoms with Crippen molar-refractivity contribution in [2.75, 3.05) is 6.54 Å². The molecule has 1 fully saturated rings. The predicted octanol–water partition coefficient (Wildman–Crippen LogP) is 4.80. The van der Waals surface area contributed by atoms with Crippen LogP contribution in [0.4, 0.5) is 0 Å². The van der Waals surface area contributed by atoms with Crippen LogP contribution in [0.25, 0.3) is 17.4 Å².